The van der Waals surface area contributed by atoms with E-state index in [1.807, 2.05) is 26.0 Å². The Morgan fingerprint density at radius 1 is 1.29 bits per heavy atom. The molecule has 1 N–H and O–H groups in total. The number of urea groups is 1. The molecular formula is C20H20N4O4. The number of aryl methyl sites for hydroxylation is 1. The average Bonchev–Trinajstić information content (AvgIpc) is 3.28. The van der Waals surface area contributed by atoms with E-state index >= 15 is 0 Å². The number of ether oxygens (including phenoxy) is 2. The highest BCUT2D eigenvalue weighted by atomic mass is 16.5. The van der Waals surface area contributed by atoms with E-state index in [2.05, 4.69) is 15.3 Å². The first-order valence-electron chi connectivity index (χ1n) is 9.44. The van der Waals surface area contributed by atoms with Crippen LogP contribution in [0.3, 0.4) is 0 Å². The Bertz CT molecular complexity index is 984. The Hall–Kier alpha value is -3.16. The van der Waals surface area contributed by atoms with Gasteiger partial charge in [0.2, 0.25) is 5.88 Å². The first-order valence-corrected chi connectivity index (χ1v) is 9.44. The predicted octanol–water partition coefficient (Wildman–Crippen LogP) is 2.84. The summed E-state index contributed by atoms with van der Waals surface area (Å²) in [5.41, 5.74) is 2.27. The van der Waals surface area contributed by atoms with E-state index < -0.39 is 12.1 Å². The molecule has 5 rings (SSSR count). The quantitative estimate of drug-likeness (QED) is 0.820. The van der Waals surface area contributed by atoms with Gasteiger partial charge in [-0.3, -0.25) is 4.79 Å². The lowest BCUT2D eigenvalue weighted by Crippen LogP contribution is -2.32. The van der Waals surface area contributed by atoms with Crippen LogP contribution in [0.5, 0.6) is 17.4 Å². The maximum atomic E-state index is 12.3. The molecule has 2 fully saturated rings. The summed E-state index contributed by atoms with van der Waals surface area (Å²) in [6.07, 6.45) is 5.52. The Balaban J connectivity index is 1.41. The minimum absolute atomic E-state index is 0.0687. The number of benzene rings is 1. The molecule has 8 heteroatoms. The summed E-state index contributed by atoms with van der Waals surface area (Å²) < 4.78 is 11.9. The molecule has 1 aromatic carbocycles. The zero-order valence-electron chi connectivity index (χ0n) is 15.7. The van der Waals surface area contributed by atoms with Crippen LogP contribution in [0.15, 0.2) is 24.5 Å². The van der Waals surface area contributed by atoms with E-state index in [0.717, 1.165) is 40.4 Å². The van der Waals surface area contributed by atoms with Gasteiger partial charge in [-0.25, -0.2) is 19.7 Å². The molecule has 0 radical (unpaired) electrons. The van der Waals surface area contributed by atoms with Gasteiger partial charge in [-0.2, -0.15) is 0 Å². The Morgan fingerprint density at radius 2 is 2.11 bits per heavy atom. The molecular weight excluding hydrogens is 360 g/mol. The van der Waals surface area contributed by atoms with Gasteiger partial charge in [0.05, 0.1) is 19.0 Å². The zero-order valence-corrected chi connectivity index (χ0v) is 15.7. The van der Waals surface area contributed by atoms with Crippen molar-refractivity contribution >= 4 is 17.8 Å². The van der Waals surface area contributed by atoms with Crippen LogP contribution in [0, 0.1) is 6.92 Å². The van der Waals surface area contributed by atoms with Crippen molar-refractivity contribution in [1.29, 1.82) is 0 Å². The van der Waals surface area contributed by atoms with E-state index in [0.29, 0.717) is 18.9 Å². The molecule has 1 saturated carbocycles. The Morgan fingerprint density at radius 3 is 2.75 bits per heavy atom. The summed E-state index contributed by atoms with van der Waals surface area (Å²) in [4.78, 5) is 33.8. The van der Waals surface area contributed by atoms with Gasteiger partial charge >= 0.3 is 6.03 Å². The standard InChI is InChI=1S/C20H20N4O4/c1-3-12-18(25)24(19(26)23-12)14-8-22-15(9-21-14)28-13-5-4-11(2)17-16(13)20(6-7-20)10-27-17/h4-5,8-9,12H,3,6-7,10H2,1-2H3,(H,23,26)/t12-/m1/s1. The first kappa shape index (κ1) is 17.0. The molecule has 3 amide bonds. The maximum Gasteiger partial charge on any atom is 0.330 e. The summed E-state index contributed by atoms with van der Waals surface area (Å²) in [6, 6.07) is 2.90. The van der Waals surface area contributed by atoms with Crippen molar-refractivity contribution in [3.8, 4) is 17.4 Å². The van der Waals surface area contributed by atoms with E-state index in [4.69, 9.17) is 9.47 Å². The van der Waals surface area contributed by atoms with Crippen molar-refractivity contribution in [2.75, 3.05) is 11.5 Å². The average molecular weight is 380 g/mol. The molecule has 1 saturated heterocycles. The number of carbonyl (C=O) groups excluding carboxylic acids is 2. The van der Waals surface area contributed by atoms with Crippen LogP contribution < -0.4 is 19.7 Å². The Kier molecular flexibility index (Phi) is 3.59. The number of nitrogens with one attached hydrogen (secondary N) is 1. The predicted molar refractivity (Wildman–Crippen MR) is 99.8 cm³/mol. The van der Waals surface area contributed by atoms with Gasteiger partial charge in [-0.05, 0) is 37.8 Å². The van der Waals surface area contributed by atoms with Crippen molar-refractivity contribution in [2.45, 2.75) is 44.6 Å². The molecule has 3 heterocycles. The summed E-state index contributed by atoms with van der Waals surface area (Å²) >= 11 is 0. The third-order valence-electron chi connectivity index (χ3n) is 5.68. The SMILES string of the molecule is CC[C@H]1NC(=O)N(c2cnc(Oc3ccc(C)c4c3C3(CC3)CO4)cn2)C1=O. The van der Waals surface area contributed by atoms with Crippen LogP contribution in [0.4, 0.5) is 10.6 Å². The second-order valence-electron chi connectivity index (χ2n) is 7.55. The summed E-state index contributed by atoms with van der Waals surface area (Å²) in [7, 11) is 0. The second kappa shape index (κ2) is 5.92. The van der Waals surface area contributed by atoms with Gasteiger partial charge < -0.3 is 14.8 Å². The van der Waals surface area contributed by atoms with Crippen molar-refractivity contribution < 1.29 is 19.1 Å². The van der Waals surface area contributed by atoms with Crippen LogP contribution in [-0.4, -0.2) is 34.6 Å². The number of nitrogens with zero attached hydrogens (tertiary/aromatic N) is 3. The maximum absolute atomic E-state index is 12.3. The highest BCUT2D eigenvalue weighted by molar-refractivity contribution is 6.20. The van der Waals surface area contributed by atoms with Crippen LogP contribution in [0.1, 0.15) is 37.3 Å². The smallest absolute Gasteiger partial charge is 0.330 e. The van der Waals surface area contributed by atoms with Gasteiger partial charge in [0.15, 0.2) is 5.82 Å². The largest absolute Gasteiger partial charge is 0.492 e. The minimum Gasteiger partial charge on any atom is -0.492 e. The fraction of sp³-hybridized carbons (Fsp3) is 0.400. The van der Waals surface area contributed by atoms with Crippen molar-refractivity contribution in [2.24, 2.45) is 0 Å². The molecule has 1 aliphatic carbocycles. The molecule has 1 spiro atoms. The topological polar surface area (TPSA) is 93.7 Å². The van der Waals surface area contributed by atoms with E-state index in [1.54, 1.807) is 0 Å². The highest BCUT2D eigenvalue weighted by Gasteiger charge is 2.53. The number of aromatic nitrogens is 2. The van der Waals surface area contributed by atoms with Crippen LogP contribution in [-0.2, 0) is 10.2 Å². The number of rotatable bonds is 4. The van der Waals surface area contributed by atoms with Gasteiger partial charge in [0.1, 0.15) is 17.5 Å². The fourth-order valence-electron chi connectivity index (χ4n) is 3.88. The van der Waals surface area contributed by atoms with Crippen molar-refractivity contribution in [3.63, 3.8) is 0 Å². The number of hydrogen-bond acceptors (Lipinski definition) is 6. The molecule has 8 nitrogen and oxygen atoms in total. The van der Waals surface area contributed by atoms with Crippen LogP contribution in [0.2, 0.25) is 0 Å². The highest BCUT2D eigenvalue weighted by Crippen LogP contribution is 2.59. The lowest BCUT2D eigenvalue weighted by molar-refractivity contribution is -0.118. The van der Waals surface area contributed by atoms with Crippen LogP contribution >= 0.6 is 0 Å². The zero-order chi connectivity index (χ0) is 19.5. The molecule has 0 bridgehead atoms. The number of fused-ring (bicyclic) bond motifs is 2. The first-order chi connectivity index (χ1) is 13.5. The normalized spacial score (nSPS) is 21.5. The van der Waals surface area contributed by atoms with Gasteiger partial charge in [0, 0.05) is 11.0 Å². The van der Waals surface area contributed by atoms with E-state index in [1.165, 1.54) is 12.4 Å². The number of carbonyl (C=O) groups is 2. The number of anilines is 1. The molecule has 0 unspecified atom stereocenters. The van der Waals surface area contributed by atoms with Gasteiger partial charge in [0.25, 0.3) is 5.91 Å². The molecule has 1 aromatic heterocycles. The van der Waals surface area contributed by atoms with E-state index in [-0.39, 0.29) is 17.1 Å². The molecule has 144 valence electrons. The monoisotopic (exact) mass is 380 g/mol. The van der Waals surface area contributed by atoms with Gasteiger partial charge in [-0.15, -0.1) is 0 Å². The summed E-state index contributed by atoms with van der Waals surface area (Å²) in [6.45, 7) is 4.56. The number of amides is 3. The van der Waals surface area contributed by atoms with Gasteiger partial charge in [-0.1, -0.05) is 13.0 Å². The van der Waals surface area contributed by atoms with Crippen LogP contribution in [0.25, 0.3) is 0 Å². The van der Waals surface area contributed by atoms with Crippen molar-refractivity contribution in [3.05, 3.63) is 35.7 Å². The number of imide groups is 1. The Labute approximate surface area is 161 Å². The molecule has 3 aliphatic rings. The lowest BCUT2D eigenvalue weighted by atomic mass is 9.95. The molecule has 2 aliphatic heterocycles. The third-order valence-corrected chi connectivity index (χ3v) is 5.68. The number of hydrogen-bond donors (Lipinski definition) is 1. The molecule has 1 atom stereocenters. The summed E-state index contributed by atoms with van der Waals surface area (Å²) in [5.74, 6) is 1.79. The minimum atomic E-state index is -0.518. The third kappa shape index (κ3) is 2.44. The van der Waals surface area contributed by atoms with E-state index in [9.17, 15) is 9.59 Å². The van der Waals surface area contributed by atoms with Crippen molar-refractivity contribution in [1.82, 2.24) is 15.3 Å². The molecule has 2 aromatic rings. The molecule has 28 heavy (non-hydrogen) atoms. The fourth-order valence-corrected chi connectivity index (χ4v) is 3.88. The second-order valence-corrected chi connectivity index (χ2v) is 7.55. The lowest BCUT2D eigenvalue weighted by Gasteiger charge is -2.14. The summed E-state index contributed by atoms with van der Waals surface area (Å²) in [5, 5.41) is 2.63.